The molecule has 3 aromatic rings. The number of fused-ring (bicyclic) bond motifs is 1. The monoisotopic (exact) mass is 280 g/mol. The number of para-hydroxylation sites is 1. The molecule has 1 aromatic carbocycles. The van der Waals surface area contributed by atoms with Crippen LogP contribution >= 0.6 is 0 Å². The Morgan fingerprint density at radius 3 is 2.76 bits per heavy atom. The van der Waals surface area contributed by atoms with Crippen LogP contribution in [0, 0.1) is 0 Å². The minimum absolute atomic E-state index is 0.270. The van der Waals surface area contributed by atoms with Gasteiger partial charge in [-0.1, -0.05) is 32.0 Å². The molecule has 2 heterocycles. The normalized spacial score (nSPS) is 12.7. The lowest BCUT2D eigenvalue weighted by molar-refractivity contribution is 0.417. The van der Waals surface area contributed by atoms with Crippen molar-refractivity contribution in [3.8, 4) is 11.3 Å². The van der Waals surface area contributed by atoms with Gasteiger partial charge in [0, 0.05) is 17.1 Å². The Hall–Kier alpha value is -2.13. The average molecular weight is 280 g/mol. The molecule has 0 saturated heterocycles. The van der Waals surface area contributed by atoms with Gasteiger partial charge in [-0.25, -0.2) is 0 Å². The first kappa shape index (κ1) is 13.8. The molecular formula is C18H20N2O. The molecule has 21 heavy (non-hydrogen) atoms. The first-order valence-electron chi connectivity index (χ1n) is 7.50. The van der Waals surface area contributed by atoms with E-state index in [0.717, 1.165) is 41.0 Å². The Bertz CT molecular complexity index is 727. The fraction of sp³-hybridized carbons (Fsp3) is 0.278. The van der Waals surface area contributed by atoms with Gasteiger partial charge in [0.2, 0.25) is 0 Å². The van der Waals surface area contributed by atoms with Gasteiger partial charge in [-0.15, -0.1) is 0 Å². The van der Waals surface area contributed by atoms with Gasteiger partial charge in [-0.3, -0.25) is 4.98 Å². The van der Waals surface area contributed by atoms with E-state index in [-0.39, 0.29) is 6.04 Å². The number of pyridine rings is 1. The molecule has 3 heteroatoms. The minimum atomic E-state index is 0.270. The maximum absolute atomic E-state index is 6.08. The van der Waals surface area contributed by atoms with Gasteiger partial charge >= 0.3 is 0 Å². The van der Waals surface area contributed by atoms with Crippen LogP contribution in [0.2, 0.25) is 0 Å². The molecule has 3 rings (SSSR count). The molecule has 0 radical (unpaired) electrons. The van der Waals surface area contributed by atoms with E-state index < -0.39 is 0 Å². The number of hydrogen-bond acceptors (Lipinski definition) is 3. The molecule has 1 unspecified atom stereocenters. The summed E-state index contributed by atoms with van der Waals surface area (Å²) in [7, 11) is 0. The number of benzene rings is 1. The van der Waals surface area contributed by atoms with Crippen LogP contribution in [0.4, 0.5) is 0 Å². The molecule has 1 N–H and O–H groups in total. The van der Waals surface area contributed by atoms with Crippen LogP contribution in [0.5, 0.6) is 0 Å². The summed E-state index contributed by atoms with van der Waals surface area (Å²) in [5.74, 6) is 1.87. The van der Waals surface area contributed by atoms with Gasteiger partial charge in [0.1, 0.15) is 11.5 Å². The van der Waals surface area contributed by atoms with Crippen LogP contribution in [0.3, 0.4) is 0 Å². The Morgan fingerprint density at radius 2 is 1.95 bits per heavy atom. The van der Waals surface area contributed by atoms with E-state index in [4.69, 9.17) is 4.42 Å². The molecule has 0 saturated carbocycles. The number of furan rings is 1. The summed E-state index contributed by atoms with van der Waals surface area (Å²) in [5, 5.41) is 4.57. The second-order valence-electron chi connectivity index (χ2n) is 5.10. The fourth-order valence-corrected chi connectivity index (χ4v) is 2.68. The van der Waals surface area contributed by atoms with Gasteiger partial charge in [0.25, 0.3) is 0 Å². The molecule has 0 spiro atoms. The summed E-state index contributed by atoms with van der Waals surface area (Å²) in [6, 6.07) is 14.6. The first-order chi connectivity index (χ1) is 10.3. The van der Waals surface area contributed by atoms with Crippen molar-refractivity contribution in [2.24, 2.45) is 0 Å². The Kier molecular flexibility index (Phi) is 4.02. The lowest BCUT2D eigenvalue weighted by Crippen LogP contribution is -2.19. The Labute approximate surface area is 125 Å². The third-order valence-corrected chi connectivity index (χ3v) is 3.73. The Balaban J connectivity index is 2.02. The number of hydrogen-bond donors (Lipinski definition) is 1. The number of aromatic nitrogens is 1. The molecule has 2 aromatic heterocycles. The Morgan fingerprint density at radius 1 is 1.10 bits per heavy atom. The van der Waals surface area contributed by atoms with Crippen molar-refractivity contribution in [2.75, 3.05) is 6.54 Å². The standard InChI is InChI=1S/C18H20N2O/c1-3-15(19-4-2)17-11-10-16(21-17)14-9-5-7-13-8-6-12-20-18(13)14/h5-12,15,19H,3-4H2,1-2H3. The maximum Gasteiger partial charge on any atom is 0.136 e. The highest BCUT2D eigenvalue weighted by Crippen LogP contribution is 2.30. The number of nitrogens with one attached hydrogen (secondary N) is 1. The van der Waals surface area contributed by atoms with Gasteiger partial charge in [-0.05, 0) is 37.2 Å². The number of rotatable bonds is 5. The molecule has 0 aliphatic heterocycles. The maximum atomic E-state index is 6.08. The summed E-state index contributed by atoms with van der Waals surface area (Å²) in [6.45, 7) is 5.21. The van der Waals surface area contributed by atoms with E-state index in [1.807, 2.05) is 24.4 Å². The molecule has 0 aliphatic rings. The molecule has 3 nitrogen and oxygen atoms in total. The molecule has 0 bridgehead atoms. The third-order valence-electron chi connectivity index (χ3n) is 3.73. The van der Waals surface area contributed by atoms with Gasteiger partial charge in [0.05, 0.1) is 11.6 Å². The highest BCUT2D eigenvalue weighted by molar-refractivity contribution is 5.92. The van der Waals surface area contributed by atoms with Gasteiger partial charge in [-0.2, -0.15) is 0 Å². The smallest absolute Gasteiger partial charge is 0.136 e. The number of nitrogens with zero attached hydrogens (tertiary/aromatic N) is 1. The topological polar surface area (TPSA) is 38.1 Å². The van der Waals surface area contributed by atoms with Crippen molar-refractivity contribution in [1.82, 2.24) is 10.3 Å². The van der Waals surface area contributed by atoms with Crippen molar-refractivity contribution in [1.29, 1.82) is 0 Å². The van der Waals surface area contributed by atoms with Crippen molar-refractivity contribution in [2.45, 2.75) is 26.3 Å². The molecule has 1 atom stereocenters. The van der Waals surface area contributed by atoms with Gasteiger partial charge in [0.15, 0.2) is 0 Å². The van der Waals surface area contributed by atoms with Crippen molar-refractivity contribution in [3.05, 3.63) is 54.4 Å². The fourth-order valence-electron chi connectivity index (χ4n) is 2.68. The molecule has 0 fully saturated rings. The van der Waals surface area contributed by atoms with E-state index in [0.29, 0.717) is 0 Å². The van der Waals surface area contributed by atoms with Crippen molar-refractivity contribution < 1.29 is 4.42 Å². The predicted octanol–water partition coefficient (Wildman–Crippen LogP) is 4.56. The SMILES string of the molecule is CCNC(CC)c1ccc(-c2cccc3cccnc23)o1. The van der Waals surface area contributed by atoms with E-state index >= 15 is 0 Å². The van der Waals surface area contributed by atoms with Crippen LogP contribution in [-0.2, 0) is 0 Å². The van der Waals surface area contributed by atoms with Crippen LogP contribution in [0.25, 0.3) is 22.2 Å². The molecule has 0 amide bonds. The van der Waals surface area contributed by atoms with Crippen LogP contribution < -0.4 is 5.32 Å². The second-order valence-corrected chi connectivity index (χ2v) is 5.10. The molecule has 108 valence electrons. The zero-order valence-electron chi connectivity index (χ0n) is 12.5. The lowest BCUT2D eigenvalue weighted by atomic mass is 10.1. The zero-order chi connectivity index (χ0) is 14.7. The third kappa shape index (κ3) is 2.69. The first-order valence-corrected chi connectivity index (χ1v) is 7.50. The summed E-state index contributed by atoms with van der Waals surface area (Å²) in [5.41, 5.74) is 2.03. The van der Waals surface area contributed by atoms with Crippen LogP contribution in [0.1, 0.15) is 32.1 Å². The summed E-state index contributed by atoms with van der Waals surface area (Å²) < 4.78 is 6.08. The van der Waals surface area contributed by atoms with Crippen LogP contribution in [0.15, 0.2) is 53.1 Å². The van der Waals surface area contributed by atoms with E-state index in [1.54, 1.807) is 0 Å². The van der Waals surface area contributed by atoms with Crippen molar-refractivity contribution >= 4 is 10.9 Å². The van der Waals surface area contributed by atoms with E-state index in [1.165, 1.54) is 0 Å². The quantitative estimate of drug-likeness (QED) is 0.744. The average Bonchev–Trinajstić information content (AvgIpc) is 3.01. The second kappa shape index (κ2) is 6.10. The summed E-state index contributed by atoms with van der Waals surface area (Å²) >= 11 is 0. The van der Waals surface area contributed by atoms with Crippen LogP contribution in [-0.4, -0.2) is 11.5 Å². The van der Waals surface area contributed by atoms with Gasteiger partial charge < -0.3 is 9.73 Å². The highest BCUT2D eigenvalue weighted by Gasteiger charge is 2.14. The summed E-state index contributed by atoms with van der Waals surface area (Å²) in [6.07, 6.45) is 2.83. The molecular weight excluding hydrogens is 260 g/mol. The predicted molar refractivity (Wildman–Crippen MR) is 86.2 cm³/mol. The summed E-state index contributed by atoms with van der Waals surface area (Å²) in [4.78, 5) is 4.49. The lowest BCUT2D eigenvalue weighted by Gasteiger charge is -2.12. The zero-order valence-corrected chi connectivity index (χ0v) is 12.5. The minimum Gasteiger partial charge on any atom is -0.459 e. The highest BCUT2D eigenvalue weighted by atomic mass is 16.3. The largest absolute Gasteiger partial charge is 0.459 e. The van der Waals surface area contributed by atoms with E-state index in [9.17, 15) is 0 Å². The van der Waals surface area contributed by atoms with E-state index in [2.05, 4.69) is 48.4 Å². The van der Waals surface area contributed by atoms with Crippen molar-refractivity contribution in [3.63, 3.8) is 0 Å². The molecule has 0 aliphatic carbocycles.